The molecule has 2 aliphatic heterocycles. The van der Waals surface area contributed by atoms with Crippen molar-refractivity contribution in [1.29, 1.82) is 5.26 Å². The van der Waals surface area contributed by atoms with Crippen LogP contribution in [0, 0.1) is 25.2 Å². The van der Waals surface area contributed by atoms with Crippen molar-refractivity contribution < 1.29 is 19.4 Å². The Labute approximate surface area is 298 Å². The summed E-state index contributed by atoms with van der Waals surface area (Å²) in [6, 6.07) is 28.2. The highest BCUT2D eigenvalue weighted by Gasteiger charge is 2.34. The minimum atomic E-state index is -0.291. The van der Waals surface area contributed by atoms with Gasteiger partial charge in [-0.15, -0.1) is 0 Å². The Morgan fingerprint density at radius 1 is 0.882 bits per heavy atom. The molecule has 1 fully saturated rings. The lowest BCUT2D eigenvalue weighted by molar-refractivity contribution is 0.0193. The van der Waals surface area contributed by atoms with Crippen LogP contribution in [0.5, 0.6) is 5.75 Å². The summed E-state index contributed by atoms with van der Waals surface area (Å²) in [4.78, 5) is 35.4. The Morgan fingerprint density at radius 3 is 2.27 bits per heavy atom. The van der Waals surface area contributed by atoms with Crippen LogP contribution in [0.15, 0.2) is 84.9 Å². The van der Waals surface area contributed by atoms with Gasteiger partial charge in [-0.1, -0.05) is 42.5 Å². The molecule has 2 aliphatic rings. The van der Waals surface area contributed by atoms with Crippen LogP contribution in [0.3, 0.4) is 0 Å². The van der Waals surface area contributed by atoms with Gasteiger partial charge < -0.3 is 23.9 Å². The lowest BCUT2D eigenvalue weighted by Crippen LogP contribution is -2.52. The van der Waals surface area contributed by atoms with Crippen LogP contribution in [-0.2, 0) is 31.8 Å². The number of nitriles is 1. The molecule has 0 bridgehead atoms. The molecule has 2 aromatic heterocycles. The van der Waals surface area contributed by atoms with Gasteiger partial charge >= 0.3 is 0 Å². The lowest BCUT2D eigenvalue weighted by Gasteiger charge is -2.40. The first-order valence-electron chi connectivity index (χ1n) is 17.3. The molecule has 0 spiro atoms. The molecule has 7 rings (SSSR count). The van der Waals surface area contributed by atoms with E-state index in [1.54, 1.807) is 34.7 Å². The zero-order chi connectivity index (χ0) is 35.8. The number of hydrogen-bond acceptors (Lipinski definition) is 6. The van der Waals surface area contributed by atoms with Crippen LogP contribution >= 0.6 is 0 Å². The number of phenolic OH excluding ortho intramolecular Hbond substituents is 1. The number of rotatable bonds is 7. The molecule has 10 heteroatoms. The number of phenols is 1. The molecule has 0 aliphatic carbocycles. The quantitative estimate of drug-likeness (QED) is 0.222. The van der Waals surface area contributed by atoms with E-state index in [0.29, 0.717) is 48.0 Å². The van der Waals surface area contributed by atoms with Gasteiger partial charge in [0.05, 0.1) is 24.5 Å². The molecule has 0 radical (unpaired) electrons. The van der Waals surface area contributed by atoms with Crippen LogP contribution < -0.4 is 4.90 Å². The first-order valence-corrected chi connectivity index (χ1v) is 17.3. The monoisotopic (exact) mass is 682 g/mol. The number of ether oxygens (including phenoxy) is 1. The van der Waals surface area contributed by atoms with Gasteiger partial charge in [-0.25, -0.2) is 0 Å². The van der Waals surface area contributed by atoms with E-state index in [1.165, 1.54) is 17.7 Å². The van der Waals surface area contributed by atoms with E-state index in [4.69, 9.17) is 4.74 Å². The van der Waals surface area contributed by atoms with Gasteiger partial charge in [-0.05, 0) is 73.9 Å². The average molecular weight is 683 g/mol. The predicted octanol–water partition coefficient (Wildman–Crippen LogP) is 6.10. The molecule has 0 unspecified atom stereocenters. The zero-order valence-electron chi connectivity index (χ0n) is 29.5. The molecule has 3 aromatic carbocycles. The molecule has 4 heterocycles. The van der Waals surface area contributed by atoms with Crippen molar-refractivity contribution in [2.24, 2.45) is 14.1 Å². The van der Waals surface area contributed by atoms with Gasteiger partial charge in [0.15, 0.2) is 0 Å². The predicted molar refractivity (Wildman–Crippen MR) is 196 cm³/mol. The van der Waals surface area contributed by atoms with Gasteiger partial charge in [0, 0.05) is 80.2 Å². The molecule has 1 N–H and O–H groups in total. The Kier molecular flexibility index (Phi) is 9.25. The number of aromatic nitrogens is 2. The SMILES string of the molecule is Cc1c(N(C(=O)c2cc(-c3ccccc3C(=O)N3Cc4ccccc4C[C@H]3CN3CCOCC3)n(C)c2C)c2ccc(O)cc2)cc(C#N)n1C. The van der Waals surface area contributed by atoms with Crippen molar-refractivity contribution in [3.05, 3.63) is 124 Å². The molecule has 260 valence electrons. The van der Waals surface area contributed by atoms with Gasteiger partial charge in [-0.2, -0.15) is 5.26 Å². The van der Waals surface area contributed by atoms with E-state index in [1.807, 2.05) is 66.8 Å². The minimum Gasteiger partial charge on any atom is -0.508 e. The van der Waals surface area contributed by atoms with Crippen molar-refractivity contribution in [1.82, 2.24) is 18.9 Å². The number of benzene rings is 3. The number of carbonyl (C=O) groups excluding carboxylic acids is 2. The summed E-state index contributed by atoms with van der Waals surface area (Å²) in [5, 5.41) is 19.8. The second-order valence-electron chi connectivity index (χ2n) is 13.4. The van der Waals surface area contributed by atoms with Crippen molar-refractivity contribution in [3.8, 4) is 23.1 Å². The number of hydrogen-bond donors (Lipinski definition) is 1. The van der Waals surface area contributed by atoms with E-state index < -0.39 is 0 Å². The highest BCUT2D eigenvalue weighted by Crippen LogP contribution is 2.37. The van der Waals surface area contributed by atoms with Crippen molar-refractivity contribution >= 4 is 23.2 Å². The molecule has 0 saturated carbocycles. The number of carbonyl (C=O) groups is 2. The van der Waals surface area contributed by atoms with Crippen LogP contribution in [-0.4, -0.2) is 74.7 Å². The average Bonchev–Trinajstić information content (AvgIpc) is 3.61. The summed E-state index contributed by atoms with van der Waals surface area (Å²) < 4.78 is 9.32. The Balaban J connectivity index is 1.27. The number of fused-ring (bicyclic) bond motifs is 1. The Hall–Kier alpha value is -5.63. The maximum Gasteiger partial charge on any atom is 0.264 e. The summed E-state index contributed by atoms with van der Waals surface area (Å²) in [7, 11) is 3.71. The van der Waals surface area contributed by atoms with Gasteiger partial charge in [-0.3, -0.25) is 19.4 Å². The van der Waals surface area contributed by atoms with Crippen molar-refractivity contribution in [3.63, 3.8) is 0 Å². The number of anilines is 2. The fraction of sp³-hybridized carbons (Fsp3) is 0.293. The maximum atomic E-state index is 14.7. The molecular formula is C41H42N6O4. The summed E-state index contributed by atoms with van der Waals surface area (Å²) >= 11 is 0. The van der Waals surface area contributed by atoms with Gasteiger partial charge in [0.25, 0.3) is 11.8 Å². The van der Waals surface area contributed by atoms with E-state index in [-0.39, 0.29) is 23.6 Å². The van der Waals surface area contributed by atoms with E-state index in [0.717, 1.165) is 54.3 Å². The summed E-state index contributed by atoms with van der Waals surface area (Å²) in [6.07, 6.45) is 0.781. The fourth-order valence-corrected chi connectivity index (χ4v) is 7.40. The maximum absolute atomic E-state index is 14.7. The number of nitrogens with zero attached hydrogens (tertiary/aromatic N) is 6. The standard InChI is InChI=1S/C41H42N6O4/c1-27-37(41(50)47(31-13-15-34(48)16-14-31)38-22-32(24-42)43(3)28(38)2)23-39(44(27)4)35-11-7-8-12-36(35)40(49)46-25-30-10-6-5-9-29(30)21-33(46)26-45-17-19-51-20-18-45/h5-16,22-23,33,48H,17-21,25-26H2,1-4H3/t33-/m0/s1. The first kappa shape index (κ1) is 33.8. The molecule has 1 saturated heterocycles. The Morgan fingerprint density at radius 2 is 1.57 bits per heavy atom. The molecule has 10 nitrogen and oxygen atoms in total. The van der Waals surface area contributed by atoms with Crippen LogP contribution in [0.25, 0.3) is 11.3 Å². The summed E-state index contributed by atoms with van der Waals surface area (Å²) in [6.45, 7) is 8.14. The molecule has 51 heavy (non-hydrogen) atoms. The van der Waals surface area contributed by atoms with E-state index in [9.17, 15) is 20.0 Å². The molecule has 1 atom stereocenters. The van der Waals surface area contributed by atoms with Crippen molar-refractivity contribution in [2.45, 2.75) is 32.9 Å². The third-order valence-electron chi connectivity index (χ3n) is 10.6. The third kappa shape index (κ3) is 6.31. The highest BCUT2D eigenvalue weighted by atomic mass is 16.5. The van der Waals surface area contributed by atoms with E-state index >= 15 is 0 Å². The second-order valence-corrected chi connectivity index (χ2v) is 13.4. The van der Waals surface area contributed by atoms with Crippen LogP contribution in [0.2, 0.25) is 0 Å². The minimum absolute atomic E-state index is 0.00266. The third-order valence-corrected chi connectivity index (χ3v) is 10.6. The molecule has 5 aromatic rings. The lowest BCUT2D eigenvalue weighted by atomic mass is 9.92. The van der Waals surface area contributed by atoms with Crippen LogP contribution in [0.4, 0.5) is 11.4 Å². The summed E-state index contributed by atoms with van der Waals surface area (Å²) in [5.74, 6) is -0.252. The molecule has 2 amide bonds. The number of morpholine rings is 1. The number of aromatic hydroxyl groups is 1. The Bertz CT molecular complexity index is 2150. The fourth-order valence-electron chi connectivity index (χ4n) is 7.40. The largest absolute Gasteiger partial charge is 0.508 e. The number of amides is 2. The molecular weight excluding hydrogens is 640 g/mol. The van der Waals surface area contributed by atoms with Gasteiger partial charge in [0.1, 0.15) is 17.5 Å². The highest BCUT2D eigenvalue weighted by molar-refractivity contribution is 6.13. The van der Waals surface area contributed by atoms with Crippen LogP contribution in [0.1, 0.15) is 48.9 Å². The normalized spacial score (nSPS) is 16.1. The summed E-state index contributed by atoms with van der Waals surface area (Å²) in [5.41, 5.74) is 7.99. The van der Waals surface area contributed by atoms with Gasteiger partial charge in [0.2, 0.25) is 0 Å². The first-order chi connectivity index (χ1) is 24.7. The van der Waals surface area contributed by atoms with Crippen molar-refractivity contribution in [2.75, 3.05) is 37.7 Å². The second kappa shape index (κ2) is 13.9. The topological polar surface area (TPSA) is 107 Å². The van der Waals surface area contributed by atoms with E-state index in [2.05, 4.69) is 29.2 Å². The zero-order valence-corrected chi connectivity index (χ0v) is 29.5. The smallest absolute Gasteiger partial charge is 0.264 e.